The van der Waals surface area contributed by atoms with Crippen molar-refractivity contribution in [1.29, 1.82) is 0 Å². The third-order valence-electron chi connectivity index (χ3n) is 3.10. The molecule has 6 heteroatoms. The van der Waals surface area contributed by atoms with Crippen LogP contribution in [0.4, 0.5) is 10.1 Å². The van der Waals surface area contributed by atoms with Crippen LogP contribution in [0, 0.1) is 12.7 Å². The summed E-state index contributed by atoms with van der Waals surface area (Å²) in [7, 11) is 1.84. The summed E-state index contributed by atoms with van der Waals surface area (Å²) < 4.78 is 13.4. The molecule has 0 atom stereocenters. The van der Waals surface area contributed by atoms with Gasteiger partial charge >= 0.3 is 0 Å². The molecule has 0 aliphatic heterocycles. The quantitative estimate of drug-likeness (QED) is 0.392. The van der Waals surface area contributed by atoms with E-state index in [-0.39, 0.29) is 5.84 Å². The first-order valence-corrected chi connectivity index (χ1v) is 6.42. The Hall–Kier alpha value is -2.63. The van der Waals surface area contributed by atoms with Crippen LogP contribution in [0.3, 0.4) is 0 Å². The Bertz CT molecular complexity index is 672. The summed E-state index contributed by atoms with van der Waals surface area (Å²) in [5, 5.41) is 11.8. The largest absolute Gasteiger partial charge is 0.409 e. The molecular formula is C15H17FN4O. The van der Waals surface area contributed by atoms with Gasteiger partial charge in [-0.05, 0) is 37.3 Å². The molecule has 110 valence electrons. The number of benzene rings is 1. The van der Waals surface area contributed by atoms with E-state index in [4.69, 9.17) is 10.9 Å². The third-order valence-corrected chi connectivity index (χ3v) is 3.10. The van der Waals surface area contributed by atoms with E-state index < -0.39 is 5.82 Å². The summed E-state index contributed by atoms with van der Waals surface area (Å²) >= 11 is 0. The highest BCUT2D eigenvalue weighted by Crippen LogP contribution is 2.22. The number of nitrogens with zero attached hydrogens (tertiary/aromatic N) is 3. The minimum absolute atomic E-state index is 0.131. The molecule has 0 saturated carbocycles. The van der Waals surface area contributed by atoms with Crippen LogP contribution < -0.4 is 10.6 Å². The summed E-state index contributed by atoms with van der Waals surface area (Å²) in [5.74, 6) is -0.573. The molecule has 0 aliphatic rings. The zero-order chi connectivity index (χ0) is 15.4. The summed E-state index contributed by atoms with van der Waals surface area (Å²) in [6, 6.07) is 9.94. The molecular weight excluding hydrogens is 271 g/mol. The SMILES string of the molecule is Cc1cccc(CN(C)c2ccc(F)cc2/C(N)=N/O)n1. The Labute approximate surface area is 122 Å². The van der Waals surface area contributed by atoms with Crippen molar-refractivity contribution >= 4 is 11.5 Å². The van der Waals surface area contributed by atoms with Crippen LogP contribution in [-0.2, 0) is 6.54 Å². The van der Waals surface area contributed by atoms with Crippen LogP contribution in [0.1, 0.15) is 17.0 Å². The van der Waals surface area contributed by atoms with E-state index in [0.29, 0.717) is 17.8 Å². The van der Waals surface area contributed by atoms with Crippen LogP contribution in [-0.4, -0.2) is 23.1 Å². The third kappa shape index (κ3) is 3.47. The van der Waals surface area contributed by atoms with Crippen LogP contribution in [0.2, 0.25) is 0 Å². The minimum Gasteiger partial charge on any atom is -0.409 e. The van der Waals surface area contributed by atoms with Gasteiger partial charge in [-0.15, -0.1) is 0 Å². The van der Waals surface area contributed by atoms with E-state index in [0.717, 1.165) is 11.4 Å². The lowest BCUT2D eigenvalue weighted by molar-refractivity contribution is 0.318. The number of halogens is 1. The highest BCUT2D eigenvalue weighted by molar-refractivity contribution is 6.02. The number of nitrogens with two attached hydrogens (primary N) is 1. The summed E-state index contributed by atoms with van der Waals surface area (Å²) in [5.41, 5.74) is 8.42. The molecule has 2 aromatic rings. The smallest absolute Gasteiger partial charge is 0.172 e. The van der Waals surface area contributed by atoms with Gasteiger partial charge in [0.1, 0.15) is 5.82 Å². The fraction of sp³-hybridized carbons (Fsp3) is 0.200. The molecule has 0 spiro atoms. The Morgan fingerprint density at radius 1 is 1.38 bits per heavy atom. The maximum atomic E-state index is 13.4. The fourth-order valence-electron chi connectivity index (χ4n) is 2.12. The molecule has 21 heavy (non-hydrogen) atoms. The lowest BCUT2D eigenvalue weighted by Gasteiger charge is -2.22. The number of aryl methyl sites for hydroxylation is 1. The van der Waals surface area contributed by atoms with Gasteiger partial charge in [-0.25, -0.2) is 4.39 Å². The number of hydrogen-bond acceptors (Lipinski definition) is 4. The van der Waals surface area contributed by atoms with Gasteiger partial charge in [0.05, 0.1) is 12.2 Å². The number of pyridine rings is 1. The molecule has 1 heterocycles. The average molecular weight is 288 g/mol. The van der Waals surface area contributed by atoms with Gasteiger partial charge in [-0.2, -0.15) is 0 Å². The molecule has 0 radical (unpaired) electrons. The topological polar surface area (TPSA) is 74.7 Å². The Morgan fingerprint density at radius 3 is 2.81 bits per heavy atom. The minimum atomic E-state index is -0.442. The molecule has 1 aromatic carbocycles. The van der Waals surface area contributed by atoms with E-state index >= 15 is 0 Å². The Balaban J connectivity index is 2.33. The molecule has 0 unspecified atom stereocenters. The molecule has 0 bridgehead atoms. The second-order valence-corrected chi connectivity index (χ2v) is 4.77. The molecule has 5 nitrogen and oxygen atoms in total. The highest BCUT2D eigenvalue weighted by atomic mass is 19.1. The van der Waals surface area contributed by atoms with Crippen molar-refractivity contribution in [3.05, 3.63) is 59.2 Å². The maximum absolute atomic E-state index is 13.4. The van der Waals surface area contributed by atoms with Crippen molar-refractivity contribution in [3.8, 4) is 0 Å². The Kier molecular flexibility index (Phi) is 4.37. The van der Waals surface area contributed by atoms with Crippen molar-refractivity contribution in [2.24, 2.45) is 10.9 Å². The van der Waals surface area contributed by atoms with Gasteiger partial charge in [0, 0.05) is 24.0 Å². The van der Waals surface area contributed by atoms with Gasteiger partial charge in [0.25, 0.3) is 0 Å². The molecule has 3 N–H and O–H groups in total. The molecule has 2 rings (SSSR count). The first kappa shape index (κ1) is 14.8. The van der Waals surface area contributed by atoms with Crippen molar-refractivity contribution in [3.63, 3.8) is 0 Å². The van der Waals surface area contributed by atoms with E-state index in [9.17, 15) is 4.39 Å². The monoisotopic (exact) mass is 288 g/mol. The summed E-state index contributed by atoms with van der Waals surface area (Å²) in [4.78, 5) is 6.29. The van der Waals surface area contributed by atoms with Crippen molar-refractivity contribution < 1.29 is 9.60 Å². The number of hydrogen-bond donors (Lipinski definition) is 2. The van der Waals surface area contributed by atoms with Crippen molar-refractivity contribution in [1.82, 2.24) is 4.98 Å². The molecule has 0 aliphatic carbocycles. The van der Waals surface area contributed by atoms with Crippen molar-refractivity contribution in [2.75, 3.05) is 11.9 Å². The number of oxime groups is 1. The number of aromatic nitrogens is 1. The lowest BCUT2D eigenvalue weighted by atomic mass is 10.1. The van der Waals surface area contributed by atoms with Gasteiger partial charge < -0.3 is 15.8 Å². The van der Waals surface area contributed by atoms with Crippen LogP contribution in [0.15, 0.2) is 41.6 Å². The molecule has 0 amide bonds. The lowest BCUT2D eigenvalue weighted by Crippen LogP contribution is -2.23. The zero-order valence-electron chi connectivity index (χ0n) is 11.9. The van der Waals surface area contributed by atoms with Crippen LogP contribution in [0.5, 0.6) is 0 Å². The van der Waals surface area contributed by atoms with Crippen LogP contribution in [0.25, 0.3) is 0 Å². The van der Waals surface area contributed by atoms with E-state index in [1.54, 1.807) is 6.07 Å². The highest BCUT2D eigenvalue weighted by Gasteiger charge is 2.13. The van der Waals surface area contributed by atoms with E-state index in [1.807, 2.05) is 37.1 Å². The molecule has 0 saturated heterocycles. The van der Waals surface area contributed by atoms with Crippen LogP contribution >= 0.6 is 0 Å². The van der Waals surface area contributed by atoms with Gasteiger partial charge in [0.2, 0.25) is 0 Å². The zero-order valence-corrected chi connectivity index (χ0v) is 11.9. The number of amidine groups is 1. The van der Waals surface area contributed by atoms with E-state index in [1.165, 1.54) is 12.1 Å². The summed E-state index contributed by atoms with van der Waals surface area (Å²) in [6.45, 7) is 2.45. The first-order chi connectivity index (χ1) is 10.0. The van der Waals surface area contributed by atoms with Gasteiger partial charge in [0.15, 0.2) is 5.84 Å². The average Bonchev–Trinajstić information content (AvgIpc) is 2.46. The second-order valence-electron chi connectivity index (χ2n) is 4.77. The fourth-order valence-corrected chi connectivity index (χ4v) is 2.12. The predicted molar refractivity (Wildman–Crippen MR) is 80.0 cm³/mol. The standard InChI is InChI=1S/C15H17FN4O/c1-10-4-3-5-12(18-10)9-20(2)14-7-6-11(16)8-13(14)15(17)19-21/h3-8,21H,9H2,1-2H3,(H2,17,19). The summed E-state index contributed by atoms with van der Waals surface area (Å²) in [6.07, 6.45) is 0. The predicted octanol–water partition coefficient (Wildman–Crippen LogP) is 2.26. The number of anilines is 1. The normalized spacial score (nSPS) is 11.5. The Morgan fingerprint density at radius 2 is 2.14 bits per heavy atom. The molecule has 1 aromatic heterocycles. The second kappa shape index (κ2) is 6.21. The van der Waals surface area contributed by atoms with Crippen molar-refractivity contribution in [2.45, 2.75) is 13.5 Å². The maximum Gasteiger partial charge on any atom is 0.172 e. The molecule has 0 fully saturated rings. The van der Waals surface area contributed by atoms with E-state index in [2.05, 4.69) is 10.1 Å². The first-order valence-electron chi connectivity index (χ1n) is 6.42. The van der Waals surface area contributed by atoms with Gasteiger partial charge in [-0.3, -0.25) is 4.98 Å². The van der Waals surface area contributed by atoms with Gasteiger partial charge in [-0.1, -0.05) is 11.2 Å². The number of rotatable bonds is 4.